The van der Waals surface area contributed by atoms with Crippen molar-refractivity contribution in [1.29, 1.82) is 0 Å². The van der Waals surface area contributed by atoms with Crippen LogP contribution < -0.4 is 0 Å². The molecule has 1 aromatic heterocycles. The third-order valence-electron chi connectivity index (χ3n) is 1.70. The monoisotopic (exact) mass is 203 g/mol. The SMILES string of the molecule is FC(F)(F)c1cccc2sncc12. The molecule has 0 amide bonds. The minimum Gasteiger partial charge on any atom is -0.200 e. The molecule has 5 heteroatoms. The smallest absolute Gasteiger partial charge is 0.200 e. The van der Waals surface area contributed by atoms with Crippen molar-refractivity contribution >= 4 is 21.6 Å². The molecule has 2 rings (SSSR count). The summed E-state index contributed by atoms with van der Waals surface area (Å²) in [5.41, 5.74) is -0.612. The van der Waals surface area contributed by atoms with E-state index in [0.717, 1.165) is 17.6 Å². The molecule has 13 heavy (non-hydrogen) atoms. The minimum atomic E-state index is -4.29. The zero-order valence-corrected chi connectivity index (χ0v) is 7.12. The largest absolute Gasteiger partial charge is 0.417 e. The van der Waals surface area contributed by atoms with Gasteiger partial charge in [-0.2, -0.15) is 17.5 Å². The number of nitrogens with zero attached hydrogens (tertiary/aromatic N) is 1. The molecule has 0 unspecified atom stereocenters. The van der Waals surface area contributed by atoms with Gasteiger partial charge in [0.25, 0.3) is 0 Å². The van der Waals surface area contributed by atoms with Gasteiger partial charge < -0.3 is 0 Å². The molecule has 2 aromatic rings. The number of aromatic nitrogens is 1. The van der Waals surface area contributed by atoms with Crippen molar-refractivity contribution < 1.29 is 13.2 Å². The molecule has 0 aliphatic rings. The second-order valence-corrected chi connectivity index (χ2v) is 3.37. The van der Waals surface area contributed by atoms with Gasteiger partial charge in [-0.15, -0.1) is 0 Å². The maximum absolute atomic E-state index is 12.4. The number of alkyl halides is 3. The predicted octanol–water partition coefficient (Wildman–Crippen LogP) is 3.32. The van der Waals surface area contributed by atoms with E-state index in [2.05, 4.69) is 4.37 Å². The van der Waals surface area contributed by atoms with E-state index in [4.69, 9.17) is 0 Å². The van der Waals surface area contributed by atoms with Crippen LogP contribution in [0.1, 0.15) is 5.56 Å². The van der Waals surface area contributed by atoms with Crippen molar-refractivity contribution in [3.05, 3.63) is 30.0 Å². The average molecular weight is 203 g/mol. The van der Waals surface area contributed by atoms with Gasteiger partial charge in [0, 0.05) is 11.6 Å². The summed E-state index contributed by atoms with van der Waals surface area (Å²) in [6.45, 7) is 0. The summed E-state index contributed by atoms with van der Waals surface area (Å²) in [5.74, 6) is 0. The Bertz CT molecular complexity index is 432. The van der Waals surface area contributed by atoms with Gasteiger partial charge in [-0.3, -0.25) is 0 Å². The normalized spacial score (nSPS) is 12.2. The van der Waals surface area contributed by atoms with Gasteiger partial charge >= 0.3 is 6.18 Å². The first-order valence-electron chi connectivity index (χ1n) is 3.49. The first-order chi connectivity index (χ1) is 6.09. The molecule has 68 valence electrons. The summed E-state index contributed by atoms with van der Waals surface area (Å²) in [7, 11) is 0. The first-order valence-corrected chi connectivity index (χ1v) is 4.27. The summed E-state index contributed by atoms with van der Waals surface area (Å²) < 4.78 is 41.4. The van der Waals surface area contributed by atoms with Gasteiger partial charge in [0.2, 0.25) is 0 Å². The second-order valence-electron chi connectivity index (χ2n) is 2.54. The number of hydrogen-bond acceptors (Lipinski definition) is 2. The van der Waals surface area contributed by atoms with Gasteiger partial charge in [0.1, 0.15) is 0 Å². The standard InChI is InChI=1S/C8H4F3NS/c9-8(10,11)6-2-1-3-7-5(6)4-12-13-7/h1-4H. The van der Waals surface area contributed by atoms with E-state index >= 15 is 0 Å². The lowest BCUT2D eigenvalue weighted by Crippen LogP contribution is -2.04. The Kier molecular flexibility index (Phi) is 1.76. The van der Waals surface area contributed by atoms with Crippen LogP contribution in [0.3, 0.4) is 0 Å². The molecule has 0 saturated heterocycles. The summed E-state index contributed by atoms with van der Waals surface area (Å²) in [6, 6.07) is 4.09. The molecule has 0 bridgehead atoms. The summed E-state index contributed by atoms with van der Waals surface area (Å²) in [6.07, 6.45) is -3.04. The molecular formula is C8H4F3NS. The summed E-state index contributed by atoms with van der Waals surface area (Å²) >= 11 is 1.07. The fraction of sp³-hybridized carbons (Fsp3) is 0.125. The van der Waals surface area contributed by atoms with Gasteiger partial charge in [0.05, 0.1) is 10.3 Å². The maximum atomic E-state index is 12.4. The zero-order valence-electron chi connectivity index (χ0n) is 6.30. The molecule has 0 fully saturated rings. The first kappa shape index (κ1) is 8.50. The Balaban J connectivity index is 2.75. The van der Waals surface area contributed by atoms with E-state index in [0.29, 0.717) is 4.70 Å². The van der Waals surface area contributed by atoms with Crippen molar-refractivity contribution in [3.8, 4) is 0 Å². The van der Waals surface area contributed by atoms with E-state index in [1.807, 2.05) is 0 Å². The summed E-state index contributed by atoms with van der Waals surface area (Å²) in [4.78, 5) is 0. The highest BCUT2D eigenvalue weighted by molar-refractivity contribution is 7.13. The van der Waals surface area contributed by atoms with Crippen LogP contribution in [-0.4, -0.2) is 4.37 Å². The Morgan fingerprint density at radius 2 is 2.00 bits per heavy atom. The third-order valence-corrected chi connectivity index (χ3v) is 2.47. The molecule has 0 radical (unpaired) electrons. The molecule has 0 saturated carbocycles. The van der Waals surface area contributed by atoms with Crippen LogP contribution in [0.2, 0.25) is 0 Å². The van der Waals surface area contributed by atoms with Gasteiger partial charge in [0.15, 0.2) is 0 Å². The molecule has 0 aliphatic carbocycles. The Labute approximate surface area is 76.0 Å². The van der Waals surface area contributed by atoms with Crippen LogP contribution in [0.4, 0.5) is 13.2 Å². The highest BCUT2D eigenvalue weighted by atomic mass is 32.1. The van der Waals surface area contributed by atoms with E-state index in [1.54, 1.807) is 6.07 Å². The van der Waals surface area contributed by atoms with E-state index in [-0.39, 0.29) is 5.39 Å². The topological polar surface area (TPSA) is 12.9 Å². The van der Waals surface area contributed by atoms with Crippen molar-refractivity contribution in [2.75, 3.05) is 0 Å². The molecule has 1 nitrogen and oxygen atoms in total. The Hall–Kier alpha value is -1.10. The number of rotatable bonds is 0. The highest BCUT2D eigenvalue weighted by Gasteiger charge is 2.32. The summed E-state index contributed by atoms with van der Waals surface area (Å²) in [5, 5.41) is 0.181. The predicted molar refractivity (Wildman–Crippen MR) is 44.6 cm³/mol. The lowest BCUT2D eigenvalue weighted by Gasteiger charge is -2.06. The molecule has 0 aliphatic heterocycles. The van der Waals surface area contributed by atoms with Crippen LogP contribution in [0.15, 0.2) is 24.4 Å². The fourth-order valence-corrected chi connectivity index (χ4v) is 1.81. The maximum Gasteiger partial charge on any atom is 0.417 e. The molecule has 1 aromatic carbocycles. The van der Waals surface area contributed by atoms with Crippen molar-refractivity contribution in [2.45, 2.75) is 6.18 Å². The quantitative estimate of drug-likeness (QED) is 0.640. The third kappa shape index (κ3) is 1.39. The molecule has 0 spiro atoms. The van der Waals surface area contributed by atoms with E-state index in [9.17, 15) is 13.2 Å². The fourth-order valence-electron chi connectivity index (χ4n) is 1.14. The number of fused-ring (bicyclic) bond motifs is 1. The minimum absolute atomic E-state index is 0.181. The molecule has 0 atom stereocenters. The lowest BCUT2D eigenvalue weighted by molar-refractivity contribution is -0.136. The Morgan fingerprint density at radius 3 is 2.69 bits per heavy atom. The van der Waals surface area contributed by atoms with Crippen LogP contribution in [0.5, 0.6) is 0 Å². The average Bonchev–Trinajstić information content (AvgIpc) is 2.48. The molecule has 0 N–H and O–H groups in total. The van der Waals surface area contributed by atoms with Crippen LogP contribution in [-0.2, 0) is 6.18 Å². The second kappa shape index (κ2) is 2.70. The van der Waals surface area contributed by atoms with Crippen molar-refractivity contribution in [2.24, 2.45) is 0 Å². The number of hydrogen-bond donors (Lipinski definition) is 0. The van der Waals surface area contributed by atoms with Crippen LogP contribution >= 0.6 is 11.5 Å². The van der Waals surface area contributed by atoms with E-state index < -0.39 is 11.7 Å². The van der Waals surface area contributed by atoms with Crippen LogP contribution in [0.25, 0.3) is 10.1 Å². The van der Waals surface area contributed by atoms with Gasteiger partial charge in [-0.25, -0.2) is 0 Å². The zero-order chi connectivity index (χ0) is 9.47. The van der Waals surface area contributed by atoms with Crippen molar-refractivity contribution in [1.82, 2.24) is 4.37 Å². The van der Waals surface area contributed by atoms with E-state index in [1.165, 1.54) is 12.3 Å². The highest BCUT2D eigenvalue weighted by Crippen LogP contribution is 2.35. The Morgan fingerprint density at radius 1 is 1.23 bits per heavy atom. The van der Waals surface area contributed by atoms with Gasteiger partial charge in [-0.05, 0) is 23.7 Å². The number of halogens is 3. The van der Waals surface area contributed by atoms with Gasteiger partial charge in [-0.1, -0.05) is 6.07 Å². The number of benzene rings is 1. The van der Waals surface area contributed by atoms with Crippen LogP contribution in [0, 0.1) is 0 Å². The molecular weight excluding hydrogens is 199 g/mol. The lowest BCUT2D eigenvalue weighted by atomic mass is 10.1. The van der Waals surface area contributed by atoms with Crippen molar-refractivity contribution in [3.63, 3.8) is 0 Å². The molecule has 1 heterocycles.